The van der Waals surface area contributed by atoms with Crippen LogP contribution in [0.25, 0.3) is 10.9 Å². The first-order valence-corrected chi connectivity index (χ1v) is 8.92. The molecule has 0 fully saturated rings. The molecule has 2 heterocycles. The highest BCUT2D eigenvalue weighted by atomic mass is 35.5. The van der Waals surface area contributed by atoms with Gasteiger partial charge in [0.2, 0.25) is 5.91 Å². The van der Waals surface area contributed by atoms with Crippen molar-refractivity contribution in [2.75, 3.05) is 11.1 Å². The summed E-state index contributed by atoms with van der Waals surface area (Å²) in [6.07, 6.45) is 1.42. The lowest BCUT2D eigenvalue weighted by Gasteiger charge is -2.09. The number of carbonyl (C=O) groups is 1. The maximum Gasteiger partial charge on any atom is 0.259 e. The number of benzene rings is 1. The van der Waals surface area contributed by atoms with Crippen LogP contribution in [0.15, 0.2) is 40.4 Å². The maximum absolute atomic E-state index is 12.1. The number of aromatic amines is 1. The van der Waals surface area contributed by atoms with Crippen molar-refractivity contribution < 1.29 is 4.79 Å². The molecule has 0 aliphatic heterocycles. The number of rotatable bonds is 4. The second-order valence-electron chi connectivity index (χ2n) is 5.12. The Morgan fingerprint density at radius 2 is 2.08 bits per heavy atom. The van der Waals surface area contributed by atoms with Gasteiger partial charge in [-0.25, -0.2) is 9.97 Å². The molecule has 1 amide bonds. The van der Waals surface area contributed by atoms with Gasteiger partial charge in [-0.05, 0) is 24.6 Å². The molecule has 0 atom stereocenters. The molecule has 0 aliphatic rings. The van der Waals surface area contributed by atoms with Gasteiger partial charge < -0.3 is 10.3 Å². The summed E-state index contributed by atoms with van der Waals surface area (Å²) in [6, 6.07) is 7.00. The third kappa shape index (κ3) is 3.95. The van der Waals surface area contributed by atoms with Crippen LogP contribution in [0.5, 0.6) is 0 Å². The number of hydrogen-bond donors (Lipinski definition) is 2. The summed E-state index contributed by atoms with van der Waals surface area (Å²) in [6.45, 7) is 1.74. The summed E-state index contributed by atoms with van der Waals surface area (Å²) in [4.78, 5) is 35.1. The average Bonchev–Trinajstić information content (AvgIpc) is 2.60. The molecule has 6 nitrogen and oxygen atoms in total. The first-order chi connectivity index (χ1) is 12.0. The standard InChI is InChI=1S/C16H12Cl2N4O2S/c1-8-10(17)6-19-14(13(8)18)21-12(23)7-25-16-20-11-5-3-2-4-9(11)15(24)22-16/h2-6H,7H2,1H3,(H,19,21,23)(H,20,22,24). The summed E-state index contributed by atoms with van der Waals surface area (Å²) in [5.74, 6) is -0.0351. The Hall–Kier alpha value is -2.09. The lowest BCUT2D eigenvalue weighted by molar-refractivity contribution is -0.113. The number of thioether (sulfide) groups is 1. The summed E-state index contributed by atoms with van der Waals surface area (Å²) in [5.41, 5.74) is 0.973. The fourth-order valence-corrected chi connectivity index (χ4v) is 3.14. The van der Waals surface area contributed by atoms with Gasteiger partial charge in [-0.1, -0.05) is 47.1 Å². The highest BCUT2D eigenvalue weighted by molar-refractivity contribution is 7.99. The van der Waals surface area contributed by atoms with Crippen molar-refractivity contribution in [2.24, 2.45) is 0 Å². The molecule has 0 aliphatic carbocycles. The van der Waals surface area contributed by atoms with E-state index in [-0.39, 0.29) is 23.0 Å². The van der Waals surface area contributed by atoms with Gasteiger partial charge in [0.1, 0.15) is 0 Å². The number of halogens is 2. The number of pyridine rings is 1. The van der Waals surface area contributed by atoms with Gasteiger partial charge in [0.15, 0.2) is 11.0 Å². The first kappa shape index (κ1) is 17.7. The Bertz CT molecular complexity index is 1020. The van der Waals surface area contributed by atoms with Crippen LogP contribution in [0, 0.1) is 6.92 Å². The number of carbonyl (C=O) groups excluding carboxylic acids is 1. The minimum atomic E-state index is -0.322. The van der Waals surface area contributed by atoms with Crippen LogP contribution in [-0.2, 0) is 4.79 Å². The van der Waals surface area contributed by atoms with E-state index in [4.69, 9.17) is 23.2 Å². The van der Waals surface area contributed by atoms with Gasteiger partial charge in [0.05, 0.1) is 26.7 Å². The highest BCUT2D eigenvalue weighted by Crippen LogP contribution is 2.28. The molecule has 0 saturated carbocycles. The Morgan fingerprint density at radius 1 is 1.32 bits per heavy atom. The third-order valence-electron chi connectivity index (χ3n) is 3.39. The predicted octanol–water partition coefficient (Wildman–Crippen LogP) is 3.66. The molecule has 128 valence electrons. The molecule has 0 saturated heterocycles. The number of fused-ring (bicyclic) bond motifs is 1. The Kier molecular flexibility index (Phi) is 5.27. The van der Waals surface area contributed by atoms with Crippen molar-refractivity contribution in [3.05, 3.63) is 56.4 Å². The monoisotopic (exact) mass is 394 g/mol. The number of amides is 1. The van der Waals surface area contributed by atoms with Crippen LogP contribution in [-0.4, -0.2) is 26.6 Å². The Morgan fingerprint density at radius 3 is 2.88 bits per heavy atom. The third-order valence-corrected chi connectivity index (χ3v) is 5.11. The van der Waals surface area contributed by atoms with Crippen molar-refractivity contribution in [3.8, 4) is 0 Å². The number of H-pyrrole nitrogens is 1. The van der Waals surface area contributed by atoms with Crippen LogP contribution in [0.4, 0.5) is 5.82 Å². The van der Waals surface area contributed by atoms with Gasteiger partial charge in [-0.3, -0.25) is 9.59 Å². The number of nitrogens with zero attached hydrogens (tertiary/aromatic N) is 2. The van der Waals surface area contributed by atoms with Crippen LogP contribution in [0.2, 0.25) is 10.0 Å². The molecule has 0 spiro atoms. The fraction of sp³-hybridized carbons (Fsp3) is 0.125. The van der Waals surface area contributed by atoms with E-state index in [0.29, 0.717) is 31.7 Å². The minimum Gasteiger partial charge on any atom is -0.309 e. The van der Waals surface area contributed by atoms with Crippen molar-refractivity contribution in [1.82, 2.24) is 15.0 Å². The minimum absolute atomic E-state index is 0.0426. The van der Waals surface area contributed by atoms with E-state index in [9.17, 15) is 9.59 Å². The molecule has 3 aromatic rings. The summed E-state index contributed by atoms with van der Waals surface area (Å²) in [7, 11) is 0. The van der Waals surface area contributed by atoms with E-state index in [0.717, 1.165) is 11.8 Å². The zero-order chi connectivity index (χ0) is 18.0. The molecule has 2 N–H and O–H groups in total. The predicted molar refractivity (Wildman–Crippen MR) is 101 cm³/mol. The van der Waals surface area contributed by atoms with Gasteiger partial charge in [-0.15, -0.1) is 0 Å². The van der Waals surface area contributed by atoms with Gasteiger partial charge >= 0.3 is 0 Å². The summed E-state index contributed by atoms with van der Waals surface area (Å²) < 4.78 is 0. The van der Waals surface area contributed by atoms with E-state index in [2.05, 4.69) is 20.3 Å². The van der Waals surface area contributed by atoms with E-state index in [1.165, 1.54) is 6.20 Å². The van der Waals surface area contributed by atoms with Crippen molar-refractivity contribution >= 4 is 57.6 Å². The zero-order valence-corrected chi connectivity index (χ0v) is 15.3. The largest absolute Gasteiger partial charge is 0.309 e. The van der Waals surface area contributed by atoms with Gasteiger partial charge in [0, 0.05) is 6.20 Å². The Labute approximate surface area is 157 Å². The van der Waals surface area contributed by atoms with Crippen LogP contribution in [0.3, 0.4) is 0 Å². The van der Waals surface area contributed by atoms with Crippen molar-refractivity contribution in [1.29, 1.82) is 0 Å². The first-order valence-electron chi connectivity index (χ1n) is 7.18. The SMILES string of the molecule is Cc1c(Cl)cnc(NC(=O)CSc2nc3ccccc3c(=O)[nH]2)c1Cl. The molecule has 0 unspecified atom stereocenters. The highest BCUT2D eigenvalue weighted by Gasteiger charge is 2.12. The van der Waals surface area contributed by atoms with Crippen molar-refractivity contribution in [2.45, 2.75) is 12.1 Å². The summed E-state index contributed by atoms with van der Waals surface area (Å²) >= 11 is 13.2. The second-order valence-corrected chi connectivity index (χ2v) is 6.87. The number of hydrogen-bond acceptors (Lipinski definition) is 5. The van der Waals surface area contributed by atoms with Crippen LogP contribution < -0.4 is 10.9 Å². The number of nitrogens with one attached hydrogen (secondary N) is 2. The number of para-hydroxylation sites is 1. The van der Waals surface area contributed by atoms with Gasteiger partial charge in [0.25, 0.3) is 5.56 Å². The lowest BCUT2D eigenvalue weighted by Crippen LogP contribution is -2.16. The van der Waals surface area contributed by atoms with Crippen molar-refractivity contribution in [3.63, 3.8) is 0 Å². The van der Waals surface area contributed by atoms with E-state index >= 15 is 0 Å². The quantitative estimate of drug-likeness (QED) is 0.520. The van der Waals surface area contributed by atoms with Crippen LogP contribution >= 0.6 is 35.0 Å². The van der Waals surface area contributed by atoms with E-state index in [1.807, 2.05) is 0 Å². The van der Waals surface area contributed by atoms with Gasteiger partial charge in [-0.2, -0.15) is 0 Å². The fourth-order valence-electron chi connectivity index (χ4n) is 2.08. The lowest BCUT2D eigenvalue weighted by atomic mass is 10.2. The maximum atomic E-state index is 12.1. The molecule has 1 aromatic carbocycles. The zero-order valence-electron chi connectivity index (χ0n) is 13.0. The number of aromatic nitrogens is 3. The molecule has 2 aromatic heterocycles. The molecule has 0 bridgehead atoms. The molecular weight excluding hydrogens is 383 g/mol. The molecule has 9 heteroatoms. The molecule has 25 heavy (non-hydrogen) atoms. The van der Waals surface area contributed by atoms with E-state index in [1.54, 1.807) is 31.2 Å². The molecule has 3 rings (SSSR count). The van der Waals surface area contributed by atoms with Crippen LogP contribution in [0.1, 0.15) is 5.56 Å². The smallest absolute Gasteiger partial charge is 0.259 e. The van der Waals surface area contributed by atoms with E-state index < -0.39 is 0 Å². The number of anilines is 1. The Balaban J connectivity index is 1.71. The summed E-state index contributed by atoms with van der Waals surface area (Å²) in [5, 5.41) is 4.21. The topological polar surface area (TPSA) is 87.7 Å². The molecular formula is C16H12Cl2N4O2S. The molecule has 0 radical (unpaired) electrons. The second kappa shape index (κ2) is 7.43. The normalized spacial score (nSPS) is 10.8. The average molecular weight is 395 g/mol.